The van der Waals surface area contributed by atoms with Crippen LogP contribution in [0.15, 0.2) is 0 Å². The van der Waals surface area contributed by atoms with E-state index in [0.29, 0.717) is 31.7 Å². The van der Waals surface area contributed by atoms with Crippen molar-refractivity contribution >= 4 is 23.5 Å². The highest BCUT2D eigenvalue weighted by Gasteiger charge is 2.20. The van der Waals surface area contributed by atoms with E-state index in [1.165, 1.54) is 11.8 Å². The van der Waals surface area contributed by atoms with Crippen LogP contribution in [0.5, 0.6) is 0 Å². The molecule has 1 aliphatic heterocycles. The van der Waals surface area contributed by atoms with Gasteiger partial charge in [-0.3, -0.25) is 9.59 Å². The molecule has 5 heteroatoms. The van der Waals surface area contributed by atoms with E-state index in [1.807, 2.05) is 6.92 Å². The molecule has 0 aromatic carbocycles. The maximum absolute atomic E-state index is 11.6. The molecule has 1 fully saturated rings. The van der Waals surface area contributed by atoms with Gasteiger partial charge < -0.3 is 10.0 Å². The summed E-state index contributed by atoms with van der Waals surface area (Å²) in [5.74, 6) is 0.721. The van der Waals surface area contributed by atoms with Crippen LogP contribution >= 0.6 is 11.8 Å². The Labute approximate surface area is 94.0 Å². The molecular weight excluding hydrogens is 214 g/mol. The molecule has 1 N–H and O–H groups in total. The third kappa shape index (κ3) is 4.22. The van der Waals surface area contributed by atoms with E-state index in [9.17, 15) is 9.59 Å². The van der Waals surface area contributed by atoms with Crippen LogP contribution in [-0.4, -0.2) is 52.4 Å². The number of amides is 1. The van der Waals surface area contributed by atoms with Gasteiger partial charge in [0.05, 0.1) is 12.4 Å². The zero-order chi connectivity index (χ0) is 11.3. The summed E-state index contributed by atoms with van der Waals surface area (Å²) in [4.78, 5) is 24.3. The van der Waals surface area contributed by atoms with Gasteiger partial charge in [0.1, 0.15) is 5.78 Å². The van der Waals surface area contributed by atoms with E-state index >= 15 is 0 Å². The zero-order valence-corrected chi connectivity index (χ0v) is 9.76. The summed E-state index contributed by atoms with van der Waals surface area (Å²) in [6.45, 7) is 3.10. The average Bonchev–Trinajstić information content (AvgIpc) is 2.26. The molecule has 0 saturated carbocycles. The summed E-state index contributed by atoms with van der Waals surface area (Å²) >= 11 is 1.45. The number of likely N-dealkylation sites (tertiary alicyclic amines) is 1. The van der Waals surface area contributed by atoms with Crippen molar-refractivity contribution in [3.05, 3.63) is 0 Å². The summed E-state index contributed by atoms with van der Waals surface area (Å²) in [6, 6.07) is 0. The number of hydrogen-bond donors (Lipinski definition) is 1. The standard InChI is InChI=1S/C10H17NO3S/c1-8(6-12)15-7-10(14)11-4-2-9(13)3-5-11/h8,12H,2-7H2,1H3. The van der Waals surface area contributed by atoms with Gasteiger partial charge in [-0.05, 0) is 0 Å². The lowest BCUT2D eigenvalue weighted by Crippen LogP contribution is -2.39. The van der Waals surface area contributed by atoms with Crippen molar-refractivity contribution in [3.63, 3.8) is 0 Å². The highest BCUT2D eigenvalue weighted by Crippen LogP contribution is 2.12. The monoisotopic (exact) mass is 231 g/mol. The van der Waals surface area contributed by atoms with Gasteiger partial charge in [0, 0.05) is 31.2 Å². The number of nitrogens with zero attached hydrogens (tertiary/aromatic N) is 1. The van der Waals surface area contributed by atoms with Gasteiger partial charge in [0.2, 0.25) is 5.91 Å². The second-order valence-electron chi connectivity index (χ2n) is 3.72. The maximum atomic E-state index is 11.6. The third-order valence-electron chi connectivity index (χ3n) is 2.42. The van der Waals surface area contributed by atoms with E-state index in [0.717, 1.165) is 0 Å². The number of aliphatic hydroxyl groups excluding tert-OH is 1. The number of Topliss-reactive ketones (excluding diaryl/α,β-unsaturated/α-hetero) is 1. The Morgan fingerprint density at radius 3 is 2.67 bits per heavy atom. The van der Waals surface area contributed by atoms with Gasteiger partial charge in [0.25, 0.3) is 0 Å². The van der Waals surface area contributed by atoms with Crippen LogP contribution in [0.2, 0.25) is 0 Å². The smallest absolute Gasteiger partial charge is 0.232 e. The number of piperidine rings is 1. The molecule has 0 bridgehead atoms. The van der Waals surface area contributed by atoms with Crippen molar-refractivity contribution in [2.45, 2.75) is 25.0 Å². The molecule has 1 heterocycles. The second kappa shape index (κ2) is 6.12. The van der Waals surface area contributed by atoms with Crippen molar-refractivity contribution in [2.75, 3.05) is 25.4 Å². The van der Waals surface area contributed by atoms with Crippen molar-refractivity contribution in [2.24, 2.45) is 0 Å². The number of carbonyl (C=O) groups is 2. The normalized spacial score (nSPS) is 19.1. The molecule has 15 heavy (non-hydrogen) atoms. The predicted molar refractivity (Wildman–Crippen MR) is 59.8 cm³/mol. The molecule has 0 radical (unpaired) electrons. The first kappa shape index (κ1) is 12.5. The van der Waals surface area contributed by atoms with Gasteiger partial charge >= 0.3 is 0 Å². The first-order valence-electron chi connectivity index (χ1n) is 5.15. The SMILES string of the molecule is CC(CO)SCC(=O)N1CCC(=O)CC1. The summed E-state index contributed by atoms with van der Waals surface area (Å²) in [5.41, 5.74) is 0. The Kier molecular flexibility index (Phi) is 5.11. The maximum Gasteiger partial charge on any atom is 0.232 e. The first-order valence-corrected chi connectivity index (χ1v) is 6.20. The predicted octanol–water partition coefficient (Wildman–Crippen LogP) is 0.292. The molecule has 0 aromatic rings. The highest BCUT2D eigenvalue weighted by atomic mass is 32.2. The fourth-order valence-corrected chi connectivity index (χ4v) is 2.08. The molecule has 1 amide bonds. The van der Waals surface area contributed by atoms with Gasteiger partial charge in [-0.1, -0.05) is 6.92 Å². The number of rotatable bonds is 4. The van der Waals surface area contributed by atoms with E-state index in [-0.39, 0.29) is 23.5 Å². The third-order valence-corrected chi connectivity index (χ3v) is 3.55. The van der Waals surface area contributed by atoms with Crippen molar-refractivity contribution < 1.29 is 14.7 Å². The number of aliphatic hydroxyl groups is 1. The van der Waals surface area contributed by atoms with Crippen LogP contribution in [0.4, 0.5) is 0 Å². The molecule has 1 rings (SSSR count). The number of ketones is 1. The Hall–Kier alpha value is -0.550. The molecule has 86 valence electrons. The minimum Gasteiger partial charge on any atom is -0.395 e. The lowest BCUT2D eigenvalue weighted by Gasteiger charge is -2.26. The summed E-state index contributed by atoms with van der Waals surface area (Å²) in [5, 5.41) is 8.90. The first-order chi connectivity index (χ1) is 7.13. The van der Waals surface area contributed by atoms with Crippen molar-refractivity contribution in [1.29, 1.82) is 0 Å². The van der Waals surface area contributed by atoms with E-state index < -0.39 is 0 Å². The van der Waals surface area contributed by atoms with Crippen molar-refractivity contribution in [3.8, 4) is 0 Å². The summed E-state index contributed by atoms with van der Waals surface area (Å²) < 4.78 is 0. The topological polar surface area (TPSA) is 57.6 Å². The van der Waals surface area contributed by atoms with Crippen LogP contribution in [0, 0.1) is 0 Å². The van der Waals surface area contributed by atoms with Crippen LogP contribution in [0.3, 0.4) is 0 Å². The van der Waals surface area contributed by atoms with E-state index in [4.69, 9.17) is 5.11 Å². The molecule has 1 aliphatic rings. The van der Waals surface area contributed by atoms with E-state index in [1.54, 1.807) is 4.90 Å². The number of hydrogen-bond acceptors (Lipinski definition) is 4. The molecule has 0 aromatic heterocycles. The molecule has 1 saturated heterocycles. The minimum atomic E-state index is 0.0767. The van der Waals surface area contributed by atoms with Gasteiger partial charge in [-0.15, -0.1) is 11.8 Å². The Bertz CT molecular complexity index is 235. The van der Waals surface area contributed by atoms with Crippen LogP contribution < -0.4 is 0 Å². The quantitative estimate of drug-likeness (QED) is 0.755. The highest BCUT2D eigenvalue weighted by molar-refractivity contribution is 8.00. The minimum absolute atomic E-state index is 0.0767. The van der Waals surface area contributed by atoms with Crippen LogP contribution in [0.1, 0.15) is 19.8 Å². The van der Waals surface area contributed by atoms with Gasteiger partial charge in [-0.25, -0.2) is 0 Å². The fourth-order valence-electron chi connectivity index (χ4n) is 1.36. The molecule has 4 nitrogen and oxygen atoms in total. The summed E-state index contributed by atoms with van der Waals surface area (Å²) in [6.07, 6.45) is 0.984. The zero-order valence-electron chi connectivity index (χ0n) is 8.94. The molecule has 1 unspecified atom stereocenters. The summed E-state index contributed by atoms with van der Waals surface area (Å²) in [7, 11) is 0. The molecule has 0 spiro atoms. The second-order valence-corrected chi connectivity index (χ2v) is 5.15. The molecule has 0 aliphatic carbocycles. The largest absolute Gasteiger partial charge is 0.395 e. The Balaban J connectivity index is 2.25. The fraction of sp³-hybridized carbons (Fsp3) is 0.800. The average molecular weight is 231 g/mol. The Morgan fingerprint density at radius 1 is 1.53 bits per heavy atom. The number of carbonyl (C=O) groups excluding carboxylic acids is 2. The van der Waals surface area contributed by atoms with Crippen LogP contribution in [-0.2, 0) is 9.59 Å². The number of thioether (sulfide) groups is 1. The lowest BCUT2D eigenvalue weighted by atomic mass is 10.1. The Morgan fingerprint density at radius 2 is 2.13 bits per heavy atom. The van der Waals surface area contributed by atoms with E-state index in [2.05, 4.69) is 0 Å². The van der Waals surface area contributed by atoms with Crippen LogP contribution in [0.25, 0.3) is 0 Å². The lowest BCUT2D eigenvalue weighted by molar-refractivity contribution is -0.132. The van der Waals surface area contributed by atoms with Gasteiger partial charge in [0.15, 0.2) is 0 Å². The molecular formula is C10H17NO3S. The molecule has 1 atom stereocenters. The van der Waals surface area contributed by atoms with Crippen molar-refractivity contribution in [1.82, 2.24) is 4.90 Å². The van der Waals surface area contributed by atoms with Gasteiger partial charge in [-0.2, -0.15) is 0 Å².